The van der Waals surface area contributed by atoms with Gasteiger partial charge in [0.25, 0.3) is 0 Å². The molecular weight excluding hydrogens is 444 g/mol. The average Bonchev–Trinajstić information content (AvgIpc) is 2.77. The number of hydrogen-bond donors (Lipinski definition) is 1. The van der Waals surface area contributed by atoms with Gasteiger partial charge >= 0.3 is 5.97 Å². The number of sulfonamides is 1. The molecule has 9 heteroatoms. The van der Waals surface area contributed by atoms with E-state index in [4.69, 9.17) is 4.74 Å². The van der Waals surface area contributed by atoms with E-state index in [0.717, 1.165) is 16.7 Å². The Morgan fingerprint density at radius 3 is 2.15 bits per heavy atom. The summed E-state index contributed by atoms with van der Waals surface area (Å²) in [5.41, 5.74) is 3.00. The van der Waals surface area contributed by atoms with Gasteiger partial charge in [-0.05, 0) is 56.2 Å². The molecule has 3 rings (SSSR count). The molecule has 0 amide bonds. The van der Waals surface area contributed by atoms with E-state index in [1.165, 1.54) is 11.4 Å². The fourth-order valence-electron chi connectivity index (χ4n) is 4.20. The number of carbonyl (C=O) groups excluding carboxylic acids is 1. The van der Waals surface area contributed by atoms with Crippen molar-refractivity contribution >= 4 is 16.0 Å². The number of nitrogens with zero attached hydrogens (tertiary/aromatic N) is 2. The van der Waals surface area contributed by atoms with Crippen LogP contribution in [0.4, 0.5) is 0 Å². The maximum absolute atomic E-state index is 13.2. The summed E-state index contributed by atoms with van der Waals surface area (Å²) in [6.45, 7) is 7.93. The molecule has 1 N–H and O–H groups in total. The summed E-state index contributed by atoms with van der Waals surface area (Å²) < 4.78 is 38.2. The number of aryl methyl sites for hydroxylation is 3. The number of rotatable bonds is 8. The zero-order valence-corrected chi connectivity index (χ0v) is 20.4. The summed E-state index contributed by atoms with van der Waals surface area (Å²) in [4.78, 5) is 13.9. The molecule has 2 aromatic carbocycles. The number of methoxy groups -OCH3 is 1. The van der Waals surface area contributed by atoms with Crippen LogP contribution in [0.5, 0.6) is 5.75 Å². The number of hydrogen-bond acceptors (Lipinski definition) is 7. The third-order valence-corrected chi connectivity index (χ3v) is 7.93. The highest BCUT2D eigenvalue weighted by molar-refractivity contribution is 7.89. The molecule has 0 aromatic heterocycles. The third-order valence-electron chi connectivity index (χ3n) is 5.72. The first-order chi connectivity index (χ1) is 15.6. The molecule has 1 saturated heterocycles. The minimum absolute atomic E-state index is 0.0951. The quantitative estimate of drug-likeness (QED) is 0.583. The summed E-state index contributed by atoms with van der Waals surface area (Å²) in [5.74, 6) is 0.122. The number of aliphatic hydroxyl groups excluding tert-OH is 1. The van der Waals surface area contributed by atoms with Crippen LogP contribution in [0.3, 0.4) is 0 Å². The van der Waals surface area contributed by atoms with Crippen molar-refractivity contribution < 1.29 is 27.8 Å². The van der Waals surface area contributed by atoms with Gasteiger partial charge in [0.05, 0.1) is 17.6 Å². The van der Waals surface area contributed by atoms with E-state index < -0.39 is 22.1 Å². The molecule has 33 heavy (non-hydrogen) atoms. The molecule has 0 radical (unpaired) electrons. The molecule has 0 aliphatic carbocycles. The Morgan fingerprint density at radius 2 is 1.61 bits per heavy atom. The molecule has 0 unspecified atom stereocenters. The highest BCUT2D eigenvalue weighted by Gasteiger charge is 2.31. The first-order valence-corrected chi connectivity index (χ1v) is 12.4. The Kier molecular flexibility index (Phi) is 8.12. The lowest BCUT2D eigenvalue weighted by molar-refractivity contribution is 0.0565. The number of carbonyl (C=O) groups is 1. The number of esters is 1. The van der Waals surface area contributed by atoms with Crippen LogP contribution in [0.1, 0.15) is 27.0 Å². The van der Waals surface area contributed by atoms with Crippen molar-refractivity contribution in [3.05, 3.63) is 58.7 Å². The molecule has 1 aliphatic rings. The van der Waals surface area contributed by atoms with E-state index in [2.05, 4.69) is 4.74 Å². The van der Waals surface area contributed by atoms with Crippen LogP contribution in [0.15, 0.2) is 41.3 Å². The van der Waals surface area contributed by atoms with Gasteiger partial charge in [0.15, 0.2) is 0 Å². The van der Waals surface area contributed by atoms with Crippen molar-refractivity contribution in [2.45, 2.75) is 31.8 Å². The average molecular weight is 477 g/mol. The monoisotopic (exact) mass is 476 g/mol. The first-order valence-electron chi connectivity index (χ1n) is 10.9. The van der Waals surface area contributed by atoms with E-state index in [9.17, 15) is 18.3 Å². The lowest BCUT2D eigenvalue weighted by Crippen LogP contribution is -2.51. The van der Waals surface area contributed by atoms with Gasteiger partial charge in [-0.1, -0.05) is 17.7 Å². The molecule has 1 atom stereocenters. The fourth-order valence-corrected chi connectivity index (χ4v) is 6.04. The second-order valence-electron chi connectivity index (χ2n) is 8.41. The van der Waals surface area contributed by atoms with Gasteiger partial charge in [0.1, 0.15) is 18.5 Å². The van der Waals surface area contributed by atoms with Crippen LogP contribution in [-0.4, -0.2) is 81.2 Å². The van der Waals surface area contributed by atoms with Crippen LogP contribution in [0.25, 0.3) is 0 Å². The number of aliphatic hydroxyl groups is 1. The molecule has 180 valence electrons. The minimum atomic E-state index is -3.56. The van der Waals surface area contributed by atoms with Crippen molar-refractivity contribution in [2.75, 3.05) is 46.4 Å². The van der Waals surface area contributed by atoms with Gasteiger partial charge in [-0.2, -0.15) is 4.31 Å². The van der Waals surface area contributed by atoms with Crippen molar-refractivity contribution in [3.8, 4) is 5.75 Å². The second-order valence-corrected chi connectivity index (χ2v) is 10.3. The highest BCUT2D eigenvalue weighted by atomic mass is 32.2. The molecule has 0 bridgehead atoms. The Morgan fingerprint density at radius 1 is 1.03 bits per heavy atom. The molecule has 0 saturated carbocycles. The molecule has 1 fully saturated rings. The van der Waals surface area contributed by atoms with Crippen molar-refractivity contribution in [1.29, 1.82) is 0 Å². The number of piperazine rings is 1. The summed E-state index contributed by atoms with van der Waals surface area (Å²) in [5, 5.41) is 10.4. The normalized spacial score (nSPS) is 16.4. The van der Waals surface area contributed by atoms with E-state index >= 15 is 0 Å². The number of β-amino-alcohol motifs (C(OH)–C–C–N with tert-alkyl or cyclic N) is 1. The second kappa shape index (κ2) is 10.6. The fraction of sp³-hybridized carbons (Fsp3) is 0.458. The van der Waals surface area contributed by atoms with Crippen molar-refractivity contribution in [1.82, 2.24) is 9.21 Å². The van der Waals surface area contributed by atoms with Gasteiger partial charge in [-0.3, -0.25) is 4.90 Å². The maximum Gasteiger partial charge on any atom is 0.337 e. The zero-order valence-electron chi connectivity index (χ0n) is 19.6. The summed E-state index contributed by atoms with van der Waals surface area (Å²) in [6.07, 6.45) is -0.727. The minimum Gasteiger partial charge on any atom is -0.491 e. The van der Waals surface area contributed by atoms with Gasteiger partial charge in [0, 0.05) is 32.7 Å². The first kappa shape index (κ1) is 25.2. The highest BCUT2D eigenvalue weighted by Crippen LogP contribution is 2.26. The molecule has 1 aliphatic heterocycles. The lowest BCUT2D eigenvalue weighted by atomic mass is 10.1. The Labute approximate surface area is 195 Å². The van der Waals surface area contributed by atoms with E-state index in [1.54, 1.807) is 24.3 Å². The van der Waals surface area contributed by atoms with Gasteiger partial charge < -0.3 is 14.6 Å². The molecule has 8 nitrogen and oxygen atoms in total. The summed E-state index contributed by atoms with van der Waals surface area (Å²) >= 11 is 0. The van der Waals surface area contributed by atoms with Gasteiger partial charge in [0.2, 0.25) is 10.0 Å². The standard InChI is InChI=1S/C24H32N2O6S/c1-17-13-18(2)23(19(3)14-17)33(29,30)26-11-9-25(10-12-26)15-21(27)16-32-22-7-5-20(6-8-22)24(28)31-4/h5-8,13-14,21,27H,9-12,15-16H2,1-4H3/t21-/m0/s1. The topological polar surface area (TPSA) is 96.4 Å². The van der Waals surface area contributed by atoms with Gasteiger partial charge in [-0.25, -0.2) is 13.2 Å². The van der Waals surface area contributed by atoms with Crippen LogP contribution in [-0.2, 0) is 14.8 Å². The molecule has 1 heterocycles. The molecular formula is C24H32N2O6S. The van der Waals surface area contributed by atoms with Crippen molar-refractivity contribution in [2.24, 2.45) is 0 Å². The van der Waals surface area contributed by atoms with Crippen LogP contribution in [0.2, 0.25) is 0 Å². The number of benzene rings is 2. The van der Waals surface area contributed by atoms with E-state index in [-0.39, 0.29) is 6.61 Å². The predicted molar refractivity (Wildman–Crippen MR) is 125 cm³/mol. The molecule has 0 spiro atoms. The van der Waals surface area contributed by atoms with E-state index in [1.807, 2.05) is 37.8 Å². The smallest absolute Gasteiger partial charge is 0.337 e. The SMILES string of the molecule is COC(=O)c1ccc(OC[C@@H](O)CN2CCN(S(=O)(=O)c3c(C)cc(C)cc3C)CC2)cc1. The summed E-state index contributed by atoms with van der Waals surface area (Å²) in [6, 6.07) is 10.3. The lowest BCUT2D eigenvalue weighted by Gasteiger charge is -2.35. The van der Waals surface area contributed by atoms with E-state index in [0.29, 0.717) is 48.9 Å². The predicted octanol–water partition coefficient (Wildman–Crippen LogP) is 2.14. The zero-order chi connectivity index (χ0) is 24.2. The third kappa shape index (κ3) is 6.11. The van der Waals surface area contributed by atoms with Crippen LogP contribution >= 0.6 is 0 Å². The number of ether oxygens (including phenoxy) is 2. The Balaban J connectivity index is 1.50. The Hall–Kier alpha value is -2.46. The largest absolute Gasteiger partial charge is 0.491 e. The van der Waals surface area contributed by atoms with Crippen LogP contribution in [0, 0.1) is 20.8 Å². The van der Waals surface area contributed by atoms with Crippen LogP contribution < -0.4 is 4.74 Å². The summed E-state index contributed by atoms with van der Waals surface area (Å²) in [7, 11) is -2.24. The van der Waals surface area contributed by atoms with Gasteiger partial charge in [-0.15, -0.1) is 0 Å². The molecule has 2 aromatic rings. The van der Waals surface area contributed by atoms with Crippen molar-refractivity contribution in [3.63, 3.8) is 0 Å². The Bertz CT molecular complexity index is 1050. The maximum atomic E-state index is 13.2.